The Hall–Kier alpha value is -1.32. The summed E-state index contributed by atoms with van der Waals surface area (Å²) >= 11 is 0. The van der Waals surface area contributed by atoms with Gasteiger partial charge in [0.1, 0.15) is 0 Å². The predicted molar refractivity (Wildman–Crippen MR) is 73.0 cm³/mol. The summed E-state index contributed by atoms with van der Waals surface area (Å²) in [6.45, 7) is 6.97. The fraction of sp³-hybridized carbons (Fsp3) is 0.714. The second-order valence-corrected chi connectivity index (χ2v) is 5.14. The second-order valence-electron chi connectivity index (χ2n) is 5.14. The Balaban J connectivity index is 1.99. The molecule has 2 rings (SSSR count). The number of ether oxygens (including phenoxy) is 1. The van der Waals surface area contributed by atoms with E-state index in [4.69, 9.17) is 4.74 Å². The van der Waals surface area contributed by atoms with Crippen molar-refractivity contribution in [2.75, 3.05) is 11.9 Å². The zero-order chi connectivity index (χ0) is 13.0. The second kappa shape index (κ2) is 6.03. The monoisotopic (exact) mass is 249 g/mol. The summed E-state index contributed by atoms with van der Waals surface area (Å²) in [5.74, 6) is 2.14. The van der Waals surface area contributed by atoms with E-state index in [0.29, 0.717) is 24.5 Å². The minimum absolute atomic E-state index is 0.444. The first-order chi connectivity index (χ1) is 8.69. The normalized spacial score (nSPS) is 17.1. The molecule has 4 nitrogen and oxygen atoms in total. The van der Waals surface area contributed by atoms with Crippen molar-refractivity contribution in [3.63, 3.8) is 0 Å². The lowest BCUT2D eigenvalue weighted by Gasteiger charge is -2.31. The van der Waals surface area contributed by atoms with Crippen LogP contribution in [0.1, 0.15) is 45.2 Å². The van der Waals surface area contributed by atoms with Crippen LogP contribution in [0, 0.1) is 12.8 Å². The molecule has 1 heterocycles. The van der Waals surface area contributed by atoms with Gasteiger partial charge in [0.15, 0.2) is 0 Å². The van der Waals surface area contributed by atoms with Gasteiger partial charge in [0.25, 0.3) is 0 Å². The minimum atomic E-state index is 0.444. The van der Waals surface area contributed by atoms with E-state index in [1.54, 1.807) is 0 Å². The van der Waals surface area contributed by atoms with Gasteiger partial charge in [0, 0.05) is 17.8 Å². The number of anilines is 1. The lowest BCUT2D eigenvalue weighted by Crippen LogP contribution is -2.31. The van der Waals surface area contributed by atoms with E-state index in [9.17, 15) is 0 Å². The van der Waals surface area contributed by atoms with Gasteiger partial charge in [-0.1, -0.05) is 13.3 Å². The molecule has 1 aliphatic rings. The van der Waals surface area contributed by atoms with Crippen molar-refractivity contribution in [3.8, 4) is 5.88 Å². The summed E-state index contributed by atoms with van der Waals surface area (Å²) in [5, 5.41) is 3.40. The van der Waals surface area contributed by atoms with Crippen molar-refractivity contribution in [2.45, 2.75) is 52.5 Å². The summed E-state index contributed by atoms with van der Waals surface area (Å²) in [4.78, 5) is 8.83. The molecule has 0 aliphatic heterocycles. The van der Waals surface area contributed by atoms with E-state index in [2.05, 4.69) is 29.1 Å². The Bertz CT molecular complexity index is 391. The molecule has 100 valence electrons. The molecule has 1 atom stereocenters. The molecule has 18 heavy (non-hydrogen) atoms. The number of rotatable bonds is 6. The summed E-state index contributed by atoms with van der Waals surface area (Å²) in [7, 11) is 0. The zero-order valence-corrected chi connectivity index (χ0v) is 11.6. The Kier molecular flexibility index (Phi) is 4.39. The molecule has 1 aromatic rings. The number of aromatic nitrogens is 2. The Morgan fingerprint density at radius 3 is 2.83 bits per heavy atom. The SMILES string of the molecule is CCCOc1cc(C)nc(NC(C)C2CCC2)n1. The fourth-order valence-corrected chi connectivity index (χ4v) is 2.15. The Labute approximate surface area is 109 Å². The lowest BCUT2D eigenvalue weighted by molar-refractivity contribution is 0.283. The van der Waals surface area contributed by atoms with E-state index in [1.807, 2.05) is 13.0 Å². The van der Waals surface area contributed by atoms with Crippen molar-refractivity contribution in [1.29, 1.82) is 0 Å². The Morgan fingerprint density at radius 1 is 1.44 bits per heavy atom. The lowest BCUT2D eigenvalue weighted by atomic mass is 9.80. The topological polar surface area (TPSA) is 47.0 Å². The predicted octanol–water partition coefficient (Wildman–Crippen LogP) is 3.17. The van der Waals surface area contributed by atoms with E-state index in [1.165, 1.54) is 19.3 Å². The van der Waals surface area contributed by atoms with Gasteiger partial charge in [-0.3, -0.25) is 0 Å². The van der Waals surface area contributed by atoms with Gasteiger partial charge in [-0.05, 0) is 39.0 Å². The summed E-state index contributed by atoms with van der Waals surface area (Å²) < 4.78 is 5.57. The van der Waals surface area contributed by atoms with E-state index in [-0.39, 0.29) is 0 Å². The van der Waals surface area contributed by atoms with Gasteiger partial charge in [0.05, 0.1) is 6.61 Å². The molecule has 0 amide bonds. The first-order valence-electron chi connectivity index (χ1n) is 6.94. The van der Waals surface area contributed by atoms with Crippen molar-refractivity contribution >= 4 is 5.95 Å². The molecular weight excluding hydrogens is 226 g/mol. The molecule has 0 spiro atoms. The minimum Gasteiger partial charge on any atom is -0.478 e. The molecule has 0 saturated heterocycles. The number of nitrogens with one attached hydrogen (secondary N) is 1. The van der Waals surface area contributed by atoms with Crippen LogP contribution in [0.15, 0.2) is 6.07 Å². The van der Waals surface area contributed by atoms with Crippen LogP contribution in [0.5, 0.6) is 5.88 Å². The summed E-state index contributed by atoms with van der Waals surface area (Å²) in [5.41, 5.74) is 0.944. The van der Waals surface area contributed by atoms with E-state index in [0.717, 1.165) is 18.0 Å². The first kappa shape index (κ1) is 13.1. The van der Waals surface area contributed by atoms with Gasteiger partial charge in [0.2, 0.25) is 11.8 Å². The maximum absolute atomic E-state index is 5.57. The highest BCUT2D eigenvalue weighted by Gasteiger charge is 2.24. The van der Waals surface area contributed by atoms with Gasteiger partial charge < -0.3 is 10.1 Å². The van der Waals surface area contributed by atoms with Crippen molar-refractivity contribution in [2.24, 2.45) is 5.92 Å². The standard InChI is InChI=1S/C14H23N3O/c1-4-8-18-13-9-10(2)15-14(17-13)16-11(3)12-6-5-7-12/h9,11-12H,4-8H2,1-3H3,(H,15,16,17). The van der Waals surface area contributed by atoms with Crippen LogP contribution < -0.4 is 10.1 Å². The number of nitrogens with zero attached hydrogens (tertiary/aromatic N) is 2. The first-order valence-corrected chi connectivity index (χ1v) is 6.94. The maximum Gasteiger partial charge on any atom is 0.226 e. The van der Waals surface area contributed by atoms with E-state index >= 15 is 0 Å². The van der Waals surface area contributed by atoms with Crippen LogP contribution in [-0.2, 0) is 0 Å². The van der Waals surface area contributed by atoms with Crippen LogP contribution >= 0.6 is 0 Å². The van der Waals surface area contributed by atoms with Crippen molar-refractivity contribution in [1.82, 2.24) is 9.97 Å². The molecule has 4 heteroatoms. The molecule has 0 bridgehead atoms. The highest BCUT2D eigenvalue weighted by atomic mass is 16.5. The van der Waals surface area contributed by atoms with Crippen LogP contribution in [0.3, 0.4) is 0 Å². The van der Waals surface area contributed by atoms with Crippen LogP contribution in [-0.4, -0.2) is 22.6 Å². The molecule has 1 N–H and O–H groups in total. The van der Waals surface area contributed by atoms with Gasteiger partial charge in [-0.2, -0.15) is 4.98 Å². The van der Waals surface area contributed by atoms with E-state index < -0.39 is 0 Å². The molecule has 1 fully saturated rings. The summed E-state index contributed by atoms with van der Waals surface area (Å²) in [6, 6.07) is 2.33. The Morgan fingerprint density at radius 2 is 2.22 bits per heavy atom. The van der Waals surface area contributed by atoms with Gasteiger partial charge >= 0.3 is 0 Å². The smallest absolute Gasteiger partial charge is 0.226 e. The van der Waals surface area contributed by atoms with Crippen LogP contribution in [0.4, 0.5) is 5.95 Å². The molecule has 1 unspecified atom stereocenters. The summed E-state index contributed by atoms with van der Waals surface area (Å²) in [6.07, 6.45) is 4.98. The maximum atomic E-state index is 5.57. The van der Waals surface area contributed by atoms with Crippen molar-refractivity contribution < 1.29 is 4.74 Å². The molecule has 1 aromatic heterocycles. The quantitative estimate of drug-likeness (QED) is 0.841. The molecule has 1 aliphatic carbocycles. The van der Waals surface area contributed by atoms with Gasteiger partial charge in [-0.15, -0.1) is 0 Å². The molecule has 0 radical (unpaired) electrons. The number of hydrogen-bond donors (Lipinski definition) is 1. The van der Waals surface area contributed by atoms with Gasteiger partial charge in [-0.25, -0.2) is 4.98 Å². The highest BCUT2D eigenvalue weighted by molar-refractivity contribution is 5.31. The number of hydrogen-bond acceptors (Lipinski definition) is 4. The van der Waals surface area contributed by atoms with Crippen molar-refractivity contribution in [3.05, 3.63) is 11.8 Å². The van der Waals surface area contributed by atoms with Crippen LogP contribution in [0.25, 0.3) is 0 Å². The third kappa shape index (κ3) is 3.34. The molecule has 1 saturated carbocycles. The average Bonchev–Trinajstić information content (AvgIpc) is 2.22. The number of aryl methyl sites for hydroxylation is 1. The third-order valence-electron chi connectivity index (χ3n) is 3.50. The third-order valence-corrected chi connectivity index (χ3v) is 3.50. The fourth-order valence-electron chi connectivity index (χ4n) is 2.15. The molecule has 0 aromatic carbocycles. The van der Waals surface area contributed by atoms with Crippen LogP contribution in [0.2, 0.25) is 0 Å². The average molecular weight is 249 g/mol. The largest absolute Gasteiger partial charge is 0.478 e. The highest BCUT2D eigenvalue weighted by Crippen LogP contribution is 2.30. The molecular formula is C14H23N3O. The zero-order valence-electron chi connectivity index (χ0n) is 11.6.